The van der Waals surface area contributed by atoms with Crippen LogP contribution in [0.25, 0.3) is 0 Å². The number of sulfonamides is 1. The van der Waals surface area contributed by atoms with E-state index in [1.54, 1.807) is 6.07 Å². The fraction of sp³-hybridized carbons (Fsp3) is 0.889. The van der Waals surface area contributed by atoms with Crippen molar-refractivity contribution in [3.63, 3.8) is 0 Å². The van der Waals surface area contributed by atoms with Gasteiger partial charge in [-0.25, -0.2) is 8.42 Å². The molecular weight excluding hydrogens is 214 g/mol. The van der Waals surface area contributed by atoms with Crippen LogP contribution in [0.1, 0.15) is 20.8 Å². The Labute approximate surface area is 91.1 Å². The largest absolute Gasteiger partial charge is 0.309 e. The van der Waals surface area contributed by atoms with Gasteiger partial charge in [-0.15, -0.1) is 0 Å². The lowest BCUT2D eigenvalue weighted by molar-refractivity contribution is 0.262. The van der Waals surface area contributed by atoms with Crippen LogP contribution in [-0.4, -0.2) is 43.1 Å². The molecule has 0 amide bonds. The molecule has 5 nitrogen and oxygen atoms in total. The fourth-order valence-electron chi connectivity index (χ4n) is 1.77. The first-order valence-corrected chi connectivity index (χ1v) is 6.53. The molecule has 1 heterocycles. The van der Waals surface area contributed by atoms with Crippen LogP contribution in [0.15, 0.2) is 0 Å². The van der Waals surface area contributed by atoms with Gasteiger partial charge in [-0.2, -0.15) is 9.57 Å². The summed E-state index contributed by atoms with van der Waals surface area (Å²) >= 11 is 0. The van der Waals surface area contributed by atoms with Crippen LogP contribution in [-0.2, 0) is 10.0 Å². The van der Waals surface area contributed by atoms with Crippen molar-refractivity contribution in [1.29, 1.82) is 5.26 Å². The van der Waals surface area contributed by atoms with Crippen LogP contribution in [0, 0.1) is 11.3 Å². The Morgan fingerprint density at radius 1 is 1.40 bits per heavy atom. The number of rotatable bonds is 2. The summed E-state index contributed by atoms with van der Waals surface area (Å²) in [5.74, 6) is 0. The van der Waals surface area contributed by atoms with E-state index in [0.29, 0.717) is 13.1 Å². The maximum Gasteiger partial charge on any atom is 0.230 e. The SMILES string of the molecule is CC1CN(S(=O)(=O)C(C)C#N)CC(C)N1. The van der Waals surface area contributed by atoms with E-state index in [4.69, 9.17) is 5.26 Å². The van der Waals surface area contributed by atoms with Gasteiger partial charge in [-0.05, 0) is 20.8 Å². The average Bonchev–Trinajstić information content (AvgIpc) is 2.15. The molecule has 1 aliphatic rings. The lowest BCUT2D eigenvalue weighted by Gasteiger charge is -2.35. The van der Waals surface area contributed by atoms with Crippen LogP contribution in [0.3, 0.4) is 0 Å². The highest BCUT2D eigenvalue weighted by molar-refractivity contribution is 7.89. The van der Waals surface area contributed by atoms with Gasteiger partial charge in [0.1, 0.15) is 0 Å². The van der Waals surface area contributed by atoms with E-state index in [-0.39, 0.29) is 12.1 Å². The Bertz CT molecular complexity index is 350. The summed E-state index contributed by atoms with van der Waals surface area (Å²) < 4.78 is 25.2. The average molecular weight is 231 g/mol. The minimum absolute atomic E-state index is 0.134. The lowest BCUT2D eigenvalue weighted by atomic mass is 10.2. The second-order valence-corrected chi connectivity index (χ2v) is 6.36. The Morgan fingerprint density at radius 2 is 1.87 bits per heavy atom. The maximum atomic E-state index is 11.9. The molecule has 0 aromatic carbocycles. The molecule has 0 bridgehead atoms. The van der Waals surface area contributed by atoms with E-state index in [1.807, 2.05) is 13.8 Å². The molecule has 1 saturated heterocycles. The van der Waals surface area contributed by atoms with Crippen LogP contribution in [0.5, 0.6) is 0 Å². The quantitative estimate of drug-likeness (QED) is 0.721. The molecule has 0 spiro atoms. The van der Waals surface area contributed by atoms with Crippen molar-refractivity contribution < 1.29 is 8.42 Å². The highest BCUT2D eigenvalue weighted by Gasteiger charge is 2.33. The summed E-state index contributed by atoms with van der Waals surface area (Å²) in [6, 6.07) is 2.05. The zero-order chi connectivity index (χ0) is 11.6. The van der Waals surface area contributed by atoms with Crippen molar-refractivity contribution in [2.45, 2.75) is 38.1 Å². The summed E-state index contributed by atoms with van der Waals surface area (Å²) in [6.45, 7) is 6.19. The second kappa shape index (κ2) is 4.47. The van der Waals surface area contributed by atoms with Crippen molar-refractivity contribution in [1.82, 2.24) is 9.62 Å². The van der Waals surface area contributed by atoms with Crippen molar-refractivity contribution in [3.05, 3.63) is 0 Å². The van der Waals surface area contributed by atoms with Gasteiger partial charge in [0.25, 0.3) is 0 Å². The molecule has 3 atom stereocenters. The summed E-state index contributed by atoms with van der Waals surface area (Å²) in [4.78, 5) is 0. The lowest BCUT2D eigenvalue weighted by Crippen LogP contribution is -2.57. The van der Waals surface area contributed by atoms with Gasteiger partial charge in [0, 0.05) is 25.2 Å². The van der Waals surface area contributed by atoms with E-state index in [0.717, 1.165) is 0 Å². The topological polar surface area (TPSA) is 73.2 Å². The van der Waals surface area contributed by atoms with Gasteiger partial charge in [0.2, 0.25) is 10.0 Å². The zero-order valence-electron chi connectivity index (χ0n) is 9.27. The number of nitriles is 1. The van der Waals surface area contributed by atoms with E-state index < -0.39 is 15.3 Å². The predicted octanol–water partition coefficient (Wildman–Crippen LogP) is -0.0895. The number of hydrogen-bond acceptors (Lipinski definition) is 4. The smallest absolute Gasteiger partial charge is 0.230 e. The molecule has 86 valence electrons. The Balaban J connectivity index is 2.84. The molecule has 3 unspecified atom stereocenters. The van der Waals surface area contributed by atoms with Crippen LogP contribution >= 0.6 is 0 Å². The van der Waals surface area contributed by atoms with Crippen LogP contribution in [0.4, 0.5) is 0 Å². The summed E-state index contributed by atoms with van der Waals surface area (Å²) in [5, 5.41) is 10.9. The predicted molar refractivity (Wildman–Crippen MR) is 57.6 cm³/mol. The van der Waals surface area contributed by atoms with Crippen LogP contribution in [0.2, 0.25) is 0 Å². The van der Waals surface area contributed by atoms with Gasteiger partial charge in [0.05, 0.1) is 6.07 Å². The standard InChI is InChI=1S/C9H17N3O2S/c1-7-5-12(6-8(2)11-7)15(13,14)9(3)4-10/h7-9,11H,5-6H2,1-3H3. The molecule has 15 heavy (non-hydrogen) atoms. The highest BCUT2D eigenvalue weighted by atomic mass is 32.2. The van der Waals surface area contributed by atoms with Gasteiger partial charge < -0.3 is 5.32 Å². The van der Waals surface area contributed by atoms with E-state index in [1.165, 1.54) is 11.2 Å². The first kappa shape index (κ1) is 12.4. The molecule has 1 N–H and O–H groups in total. The van der Waals surface area contributed by atoms with Gasteiger partial charge >= 0.3 is 0 Å². The Kier molecular flexibility index (Phi) is 3.71. The molecule has 1 fully saturated rings. The van der Waals surface area contributed by atoms with E-state index in [2.05, 4.69) is 5.32 Å². The maximum absolute atomic E-state index is 11.9. The third-order valence-corrected chi connectivity index (χ3v) is 4.53. The number of nitrogens with one attached hydrogen (secondary N) is 1. The van der Waals surface area contributed by atoms with E-state index >= 15 is 0 Å². The number of hydrogen-bond donors (Lipinski definition) is 1. The van der Waals surface area contributed by atoms with Crippen molar-refractivity contribution in [3.8, 4) is 6.07 Å². The summed E-state index contributed by atoms with van der Waals surface area (Å²) in [7, 11) is -3.45. The minimum atomic E-state index is -3.45. The van der Waals surface area contributed by atoms with Crippen LogP contribution < -0.4 is 5.32 Å². The molecule has 6 heteroatoms. The van der Waals surface area contributed by atoms with Crippen molar-refractivity contribution in [2.24, 2.45) is 0 Å². The monoisotopic (exact) mass is 231 g/mol. The van der Waals surface area contributed by atoms with E-state index in [9.17, 15) is 8.42 Å². The fourth-order valence-corrected chi connectivity index (χ4v) is 3.22. The molecule has 0 aliphatic carbocycles. The van der Waals surface area contributed by atoms with Crippen molar-refractivity contribution in [2.75, 3.05) is 13.1 Å². The second-order valence-electron chi connectivity index (χ2n) is 4.10. The molecule has 0 aromatic rings. The molecule has 1 aliphatic heterocycles. The first-order chi connectivity index (χ1) is 6.87. The number of piperazine rings is 1. The van der Waals surface area contributed by atoms with Crippen molar-refractivity contribution >= 4 is 10.0 Å². The highest BCUT2D eigenvalue weighted by Crippen LogP contribution is 2.13. The molecular formula is C9H17N3O2S. The van der Waals surface area contributed by atoms with Gasteiger partial charge in [-0.1, -0.05) is 0 Å². The van der Waals surface area contributed by atoms with Gasteiger partial charge in [-0.3, -0.25) is 0 Å². The first-order valence-electron chi connectivity index (χ1n) is 5.02. The molecule has 0 aromatic heterocycles. The Morgan fingerprint density at radius 3 is 2.27 bits per heavy atom. The molecule has 1 rings (SSSR count). The third-order valence-electron chi connectivity index (χ3n) is 2.51. The summed E-state index contributed by atoms with van der Waals surface area (Å²) in [5.41, 5.74) is 0. The minimum Gasteiger partial charge on any atom is -0.309 e. The van der Waals surface area contributed by atoms with Gasteiger partial charge in [0.15, 0.2) is 5.25 Å². The Hall–Kier alpha value is -0.640. The zero-order valence-corrected chi connectivity index (χ0v) is 10.1. The normalized spacial score (nSPS) is 30.8. The summed E-state index contributed by atoms with van der Waals surface area (Å²) in [6.07, 6.45) is 0. The molecule has 0 saturated carbocycles. The third kappa shape index (κ3) is 2.68. The number of nitrogens with zero attached hydrogens (tertiary/aromatic N) is 2. The molecule has 0 radical (unpaired) electrons.